The summed E-state index contributed by atoms with van der Waals surface area (Å²) in [7, 11) is 0. The molecule has 4 aliphatic carbocycles. The summed E-state index contributed by atoms with van der Waals surface area (Å²) in [5.41, 5.74) is 1.58. The minimum absolute atomic E-state index is 0.988. The second-order valence-electron chi connectivity index (χ2n) is 9.55. The van der Waals surface area contributed by atoms with E-state index in [1.54, 1.807) is 50.5 Å². The molecule has 4 saturated carbocycles. The third kappa shape index (κ3) is 2.65. The standard InChI is InChI=1S/C24H34/c1-2-6-17(7-3-1)16-19-11-13-22-21(19)14-15-23-20-9-5-4-8-18(20)10-12-24(22)23/h1-3,6-7,18-24H,4-5,8-16H2/t18?,19-,20?,21?,22?,23?,24?/m0/s1. The molecule has 6 unspecified atom stereocenters. The first kappa shape index (κ1) is 15.5. The molecule has 0 amide bonds. The first-order valence-electron chi connectivity index (χ1n) is 10.9. The molecular formula is C24H34. The molecule has 0 saturated heterocycles. The molecule has 130 valence electrons. The highest BCUT2D eigenvalue weighted by atomic mass is 14.6. The predicted molar refractivity (Wildman–Crippen MR) is 101 cm³/mol. The van der Waals surface area contributed by atoms with Gasteiger partial charge in [0, 0.05) is 0 Å². The highest BCUT2D eigenvalue weighted by molar-refractivity contribution is 5.16. The maximum atomic E-state index is 2.35. The van der Waals surface area contributed by atoms with Crippen molar-refractivity contribution in [2.45, 2.75) is 70.6 Å². The highest BCUT2D eigenvalue weighted by Crippen LogP contribution is 2.59. The van der Waals surface area contributed by atoms with Crippen LogP contribution in [0.2, 0.25) is 0 Å². The Hall–Kier alpha value is -0.780. The van der Waals surface area contributed by atoms with E-state index in [9.17, 15) is 0 Å². The summed E-state index contributed by atoms with van der Waals surface area (Å²) in [6.45, 7) is 0. The quantitative estimate of drug-likeness (QED) is 0.583. The molecule has 0 bridgehead atoms. The number of fused-ring (bicyclic) bond motifs is 5. The Bertz CT molecular complexity index is 546. The van der Waals surface area contributed by atoms with Gasteiger partial charge in [-0.2, -0.15) is 0 Å². The van der Waals surface area contributed by atoms with Crippen LogP contribution in [0.5, 0.6) is 0 Å². The molecule has 0 spiro atoms. The molecule has 4 fully saturated rings. The van der Waals surface area contributed by atoms with Crippen LogP contribution in [0.3, 0.4) is 0 Å². The van der Waals surface area contributed by atoms with Gasteiger partial charge in [-0.1, -0.05) is 49.6 Å². The fraction of sp³-hybridized carbons (Fsp3) is 0.750. The van der Waals surface area contributed by atoms with Crippen LogP contribution in [0.1, 0.15) is 69.8 Å². The van der Waals surface area contributed by atoms with Crippen LogP contribution in [-0.4, -0.2) is 0 Å². The Balaban J connectivity index is 1.30. The molecule has 24 heavy (non-hydrogen) atoms. The number of rotatable bonds is 2. The molecule has 0 nitrogen and oxygen atoms in total. The van der Waals surface area contributed by atoms with E-state index in [1.807, 2.05) is 0 Å². The largest absolute Gasteiger partial charge is 0.0622 e. The zero-order valence-electron chi connectivity index (χ0n) is 15.2. The van der Waals surface area contributed by atoms with Crippen molar-refractivity contribution in [2.24, 2.45) is 41.4 Å². The van der Waals surface area contributed by atoms with E-state index in [1.165, 1.54) is 25.7 Å². The Morgan fingerprint density at radius 3 is 2.17 bits per heavy atom. The van der Waals surface area contributed by atoms with Crippen molar-refractivity contribution in [2.75, 3.05) is 0 Å². The average Bonchev–Trinajstić information content (AvgIpc) is 3.05. The van der Waals surface area contributed by atoms with Crippen LogP contribution < -0.4 is 0 Å². The van der Waals surface area contributed by atoms with Gasteiger partial charge in [-0.25, -0.2) is 0 Å². The molecule has 0 radical (unpaired) electrons. The summed E-state index contributed by atoms with van der Waals surface area (Å²) in [6.07, 6.45) is 17.0. The van der Waals surface area contributed by atoms with Crippen molar-refractivity contribution in [1.29, 1.82) is 0 Å². The maximum absolute atomic E-state index is 2.35. The van der Waals surface area contributed by atoms with E-state index in [0.717, 1.165) is 41.4 Å². The summed E-state index contributed by atoms with van der Waals surface area (Å²) >= 11 is 0. The Kier molecular flexibility index (Phi) is 4.19. The van der Waals surface area contributed by atoms with Crippen LogP contribution in [-0.2, 0) is 6.42 Å². The van der Waals surface area contributed by atoms with E-state index in [4.69, 9.17) is 0 Å². The lowest BCUT2D eigenvalue weighted by Crippen LogP contribution is -2.44. The topological polar surface area (TPSA) is 0 Å². The third-order valence-corrected chi connectivity index (χ3v) is 8.69. The first-order chi connectivity index (χ1) is 11.9. The monoisotopic (exact) mass is 322 g/mol. The second-order valence-corrected chi connectivity index (χ2v) is 9.55. The zero-order valence-corrected chi connectivity index (χ0v) is 15.2. The van der Waals surface area contributed by atoms with Gasteiger partial charge >= 0.3 is 0 Å². The van der Waals surface area contributed by atoms with E-state index in [0.29, 0.717) is 0 Å². The number of hydrogen-bond donors (Lipinski definition) is 0. The van der Waals surface area contributed by atoms with E-state index >= 15 is 0 Å². The van der Waals surface area contributed by atoms with Crippen molar-refractivity contribution in [1.82, 2.24) is 0 Å². The van der Waals surface area contributed by atoms with Gasteiger partial charge in [-0.15, -0.1) is 0 Å². The van der Waals surface area contributed by atoms with Gasteiger partial charge in [0.2, 0.25) is 0 Å². The van der Waals surface area contributed by atoms with Crippen molar-refractivity contribution < 1.29 is 0 Å². The Morgan fingerprint density at radius 2 is 1.25 bits per heavy atom. The van der Waals surface area contributed by atoms with Gasteiger partial charge in [0.05, 0.1) is 0 Å². The molecule has 0 N–H and O–H groups in total. The van der Waals surface area contributed by atoms with Gasteiger partial charge in [-0.05, 0) is 98.4 Å². The molecule has 0 aromatic heterocycles. The SMILES string of the molecule is c1ccc(C[C@@H]2CCC3C4CCC5CCCCC5C4CCC32)cc1. The molecule has 4 aliphatic rings. The molecule has 5 rings (SSSR count). The maximum Gasteiger partial charge on any atom is -0.0248 e. The van der Waals surface area contributed by atoms with Crippen molar-refractivity contribution in [3.8, 4) is 0 Å². The van der Waals surface area contributed by atoms with Crippen LogP contribution in [0.4, 0.5) is 0 Å². The lowest BCUT2D eigenvalue weighted by molar-refractivity contribution is -0.0244. The molecule has 1 aromatic rings. The normalized spacial score (nSPS) is 44.4. The second kappa shape index (κ2) is 6.50. The minimum Gasteiger partial charge on any atom is -0.0622 e. The average molecular weight is 323 g/mol. The summed E-state index contributed by atoms with van der Waals surface area (Å²) in [4.78, 5) is 0. The Labute approximate surface area is 148 Å². The van der Waals surface area contributed by atoms with Crippen LogP contribution in [0.25, 0.3) is 0 Å². The van der Waals surface area contributed by atoms with Crippen molar-refractivity contribution >= 4 is 0 Å². The zero-order chi connectivity index (χ0) is 15.9. The third-order valence-electron chi connectivity index (χ3n) is 8.69. The summed E-state index contributed by atoms with van der Waals surface area (Å²) in [5.74, 6) is 7.64. The van der Waals surface area contributed by atoms with Gasteiger partial charge < -0.3 is 0 Å². The highest BCUT2D eigenvalue weighted by Gasteiger charge is 2.50. The van der Waals surface area contributed by atoms with Gasteiger partial charge in [0.1, 0.15) is 0 Å². The van der Waals surface area contributed by atoms with Gasteiger partial charge in [0.15, 0.2) is 0 Å². The van der Waals surface area contributed by atoms with Crippen LogP contribution in [0, 0.1) is 41.4 Å². The molecule has 0 heteroatoms. The summed E-state index contributed by atoms with van der Waals surface area (Å²) in [6, 6.07) is 11.3. The lowest BCUT2D eigenvalue weighted by atomic mass is 9.53. The fourth-order valence-corrected chi connectivity index (χ4v) is 7.78. The molecule has 1 aromatic carbocycles. The van der Waals surface area contributed by atoms with Crippen LogP contribution >= 0.6 is 0 Å². The summed E-state index contributed by atoms with van der Waals surface area (Å²) < 4.78 is 0. The Morgan fingerprint density at radius 1 is 0.583 bits per heavy atom. The van der Waals surface area contributed by atoms with Gasteiger partial charge in [-0.3, -0.25) is 0 Å². The van der Waals surface area contributed by atoms with E-state index in [-0.39, 0.29) is 0 Å². The van der Waals surface area contributed by atoms with E-state index in [2.05, 4.69) is 30.3 Å². The van der Waals surface area contributed by atoms with Crippen LogP contribution in [0.15, 0.2) is 30.3 Å². The van der Waals surface area contributed by atoms with Gasteiger partial charge in [0.25, 0.3) is 0 Å². The molecule has 0 aliphatic heterocycles. The fourth-order valence-electron chi connectivity index (χ4n) is 7.78. The number of benzene rings is 1. The first-order valence-corrected chi connectivity index (χ1v) is 10.9. The van der Waals surface area contributed by atoms with Crippen molar-refractivity contribution in [3.63, 3.8) is 0 Å². The van der Waals surface area contributed by atoms with Crippen molar-refractivity contribution in [3.05, 3.63) is 35.9 Å². The molecule has 7 atom stereocenters. The number of hydrogen-bond acceptors (Lipinski definition) is 0. The minimum atomic E-state index is 0.988. The summed E-state index contributed by atoms with van der Waals surface area (Å²) in [5, 5.41) is 0. The van der Waals surface area contributed by atoms with E-state index < -0.39 is 0 Å². The molecule has 0 heterocycles. The smallest absolute Gasteiger partial charge is 0.0248 e. The lowest BCUT2D eigenvalue weighted by Gasteiger charge is -2.52. The predicted octanol–water partition coefficient (Wildman–Crippen LogP) is 6.50. The molecular weight excluding hydrogens is 288 g/mol.